The summed E-state index contributed by atoms with van der Waals surface area (Å²) in [7, 11) is 0. The fraction of sp³-hybridized carbons (Fsp3) is 0.615. The van der Waals surface area contributed by atoms with Gasteiger partial charge in [-0.15, -0.1) is 0 Å². The zero-order valence-electron chi connectivity index (χ0n) is 9.95. The van der Waals surface area contributed by atoms with Gasteiger partial charge in [-0.3, -0.25) is 0 Å². The Hall–Kier alpha value is -1.09. The highest BCUT2D eigenvalue weighted by Crippen LogP contribution is 2.26. The minimum atomic E-state index is 0.507. The number of pyridine rings is 1. The summed E-state index contributed by atoms with van der Waals surface area (Å²) in [6.45, 7) is 2.80. The van der Waals surface area contributed by atoms with Crippen molar-refractivity contribution in [3.63, 3.8) is 0 Å². The van der Waals surface area contributed by atoms with Gasteiger partial charge in [0.05, 0.1) is 0 Å². The normalized spacial score (nSPS) is 25.4. The van der Waals surface area contributed by atoms with Crippen molar-refractivity contribution >= 4 is 5.82 Å². The first-order valence-electron chi connectivity index (χ1n) is 6.20. The standard InChI is InChI=1S/C13H21N3/c1-10-5-4-8-13(15-10)16-12-7-3-2-6-11(12)9-14/h4-5,8,11-12H,2-3,6-7,9,14H2,1H3,(H,15,16). The average molecular weight is 219 g/mol. The molecule has 88 valence electrons. The zero-order valence-corrected chi connectivity index (χ0v) is 9.95. The molecule has 1 saturated carbocycles. The van der Waals surface area contributed by atoms with Crippen LogP contribution in [0.4, 0.5) is 5.82 Å². The molecule has 2 rings (SSSR count). The summed E-state index contributed by atoms with van der Waals surface area (Å²) in [5.74, 6) is 1.60. The van der Waals surface area contributed by atoms with Crippen molar-refractivity contribution in [2.45, 2.75) is 38.6 Å². The summed E-state index contributed by atoms with van der Waals surface area (Å²) < 4.78 is 0. The van der Waals surface area contributed by atoms with Gasteiger partial charge in [0.25, 0.3) is 0 Å². The maximum Gasteiger partial charge on any atom is 0.126 e. The van der Waals surface area contributed by atoms with Crippen LogP contribution < -0.4 is 11.1 Å². The third-order valence-electron chi connectivity index (χ3n) is 3.43. The lowest BCUT2D eigenvalue weighted by Crippen LogP contribution is -2.36. The summed E-state index contributed by atoms with van der Waals surface area (Å²) in [6, 6.07) is 6.61. The number of hydrogen-bond donors (Lipinski definition) is 2. The summed E-state index contributed by atoms with van der Waals surface area (Å²) >= 11 is 0. The van der Waals surface area contributed by atoms with Crippen molar-refractivity contribution in [1.29, 1.82) is 0 Å². The fourth-order valence-electron chi connectivity index (χ4n) is 2.49. The second kappa shape index (κ2) is 5.30. The van der Waals surface area contributed by atoms with E-state index >= 15 is 0 Å². The second-order valence-corrected chi connectivity index (χ2v) is 4.70. The molecule has 1 aliphatic rings. The Balaban J connectivity index is 2.02. The lowest BCUT2D eigenvalue weighted by molar-refractivity contribution is 0.332. The maximum absolute atomic E-state index is 5.82. The van der Waals surface area contributed by atoms with Crippen LogP contribution in [-0.2, 0) is 0 Å². The predicted octanol–water partition coefficient (Wildman–Crippen LogP) is 2.32. The Labute approximate surface area is 97.5 Å². The monoisotopic (exact) mass is 219 g/mol. The maximum atomic E-state index is 5.82. The average Bonchev–Trinajstić information content (AvgIpc) is 2.30. The van der Waals surface area contributed by atoms with Gasteiger partial charge in [-0.05, 0) is 44.4 Å². The molecule has 0 aliphatic heterocycles. The molecule has 3 nitrogen and oxygen atoms in total. The second-order valence-electron chi connectivity index (χ2n) is 4.70. The van der Waals surface area contributed by atoms with Crippen LogP contribution in [0.2, 0.25) is 0 Å². The molecular formula is C13H21N3. The third-order valence-corrected chi connectivity index (χ3v) is 3.43. The highest BCUT2D eigenvalue weighted by atomic mass is 15.0. The SMILES string of the molecule is Cc1cccc(NC2CCCCC2CN)n1. The van der Waals surface area contributed by atoms with Gasteiger partial charge < -0.3 is 11.1 Å². The van der Waals surface area contributed by atoms with E-state index in [-0.39, 0.29) is 0 Å². The first kappa shape index (κ1) is 11.4. The van der Waals surface area contributed by atoms with E-state index in [9.17, 15) is 0 Å². The number of hydrogen-bond acceptors (Lipinski definition) is 3. The van der Waals surface area contributed by atoms with Crippen LogP contribution in [0.15, 0.2) is 18.2 Å². The highest BCUT2D eigenvalue weighted by Gasteiger charge is 2.23. The topological polar surface area (TPSA) is 50.9 Å². The van der Waals surface area contributed by atoms with E-state index in [0.29, 0.717) is 12.0 Å². The van der Waals surface area contributed by atoms with Gasteiger partial charge in [-0.2, -0.15) is 0 Å². The van der Waals surface area contributed by atoms with Crippen LogP contribution >= 0.6 is 0 Å². The minimum absolute atomic E-state index is 0.507. The van der Waals surface area contributed by atoms with E-state index in [2.05, 4.69) is 10.3 Å². The van der Waals surface area contributed by atoms with Crippen LogP contribution in [0.5, 0.6) is 0 Å². The molecule has 3 heteroatoms. The molecule has 0 bridgehead atoms. The first-order valence-corrected chi connectivity index (χ1v) is 6.20. The van der Waals surface area contributed by atoms with Gasteiger partial charge in [-0.25, -0.2) is 4.98 Å². The molecule has 1 heterocycles. The van der Waals surface area contributed by atoms with Crippen molar-refractivity contribution in [2.75, 3.05) is 11.9 Å². The van der Waals surface area contributed by atoms with Gasteiger partial charge >= 0.3 is 0 Å². The molecule has 0 aromatic carbocycles. The molecule has 1 fully saturated rings. The Morgan fingerprint density at radius 1 is 1.38 bits per heavy atom. The number of rotatable bonds is 3. The Kier molecular flexibility index (Phi) is 3.78. The fourth-order valence-corrected chi connectivity index (χ4v) is 2.49. The quantitative estimate of drug-likeness (QED) is 0.820. The molecule has 0 radical (unpaired) electrons. The third kappa shape index (κ3) is 2.73. The molecule has 1 aromatic heterocycles. The first-order chi connectivity index (χ1) is 7.79. The van der Waals surface area contributed by atoms with Crippen molar-refractivity contribution in [2.24, 2.45) is 11.7 Å². The molecule has 1 aromatic rings. The number of nitrogens with zero attached hydrogens (tertiary/aromatic N) is 1. The molecule has 0 amide bonds. The Morgan fingerprint density at radius 2 is 2.19 bits per heavy atom. The Morgan fingerprint density at radius 3 is 2.94 bits per heavy atom. The van der Waals surface area contributed by atoms with Crippen LogP contribution in [0.25, 0.3) is 0 Å². The minimum Gasteiger partial charge on any atom is -0.367 e. The molecule has 2 atom stereocenters. The number of nitrogens with two attached hydrogens (primary N) is 1. The van der Waals surface area contributed by atoms with Crippen molar-refractivity contribution in [3.05, 3.63) is 23.9 Å². The van der Waals surface area contributed by atoms with Gasteiger partial charge in [-0.1, -0.05) is 18.9 Å². The van der Waals surface area contributed by atoms with Crippen LogP contribution in [0, 0.1) is 12.8 Å². The Bertz CT molecular complexity index is 338. The molecular weight excluding hydrogens is 198 g/mol. The van der Waals surface area contributed by atoms with E-state index in [1.807, 2.05) is 25.1 Å². The largest absolute Gasteiger partial charge is 0.367 e. The van der Waals surface area contributed by atoms with E-state index in [1.54, 1.807) is 0 Å². The summed E-state index contributed by atoms with van der Waals surface area (Å²) in [5, 5.41) is 3.53. The number of nitrogens with one attached hydrogen (secondary N) is 1. The molecule has 1 aliphatic carbocycles. The molecule has 2 unspecified atom stereocenters. The lowest BCUT2D eigenvalue weighted by Gasteiger charge is -2.31. The predicted molar refractivity (Wildman–Crippen MR) is 67.4 cm³/mol. The summed E-state index contributed by atoms with van der Waals surface area (Å²) in [6.07, 6.45) is 5.10. The molecule has 0 saturated heterocycles. The lowest BCUT2D eigenvalue weighted by atomic mass is 9.84. The van der Waals surface area contributed by atoms with Crippen molar-refractivity contribution in [3.8, 4) is 0 Å². The van der Waals surface area contributed by atoms with Crippen LogP contribution in [0.3, 0.4) is 0 Å². The molecule has 3 N–H and O–H groups in total. The van der Waals surface area contributed by atoms with Gasteiger partial charge in [0.1, 0.15) is 5.82 Å². The van der Waals surface area contributed by atoms with E-state index < -0.39 is 0 Å². The van der Waals surface area contributed by atoms with Crippen LogP contribution in [0.1, 0.15) is 31.4 Å². The van der Waals surface area contributed by atoms with Crippen molar-refractivity contribution in [1.82, 2.24) is 4.98 Å². The number of anilines is 1. The van der Waals surface area contributed by atoms with Gasteiger partial charge in [0, 0.05) is 11.7 Å². The highest BCUT2D eigenvalue weighted by molar-refractivity contribution is 5.36. The van der Waals surface area contributed by atoms with E-state index in [0.717, 1.165) is 18.1 Å². The molecule has 16 heavy (non-hydrogen) atoms. The summed E-state index contributed by atoms with van der Waals surface area (Å²) in [5.41, 5.74) is 6.88. The number of aromatic nitrogens is 1. The van der Waals surface area contributed by atoms with Crippen LogP contribution in [-0.4, -0.2) is 17.6 Å². The van der Waals surface area contributed by atoms with Crippen molar-refractivity contribution < 1.29 is 0 Å². The molecule has 0 spiro atoms. The van der Waals surface area contributed by atoms with E-state index in [4.69, 9.17) is 5.73 Å². The van der Waals surface area contributed by atoms with Gasteiger partial charge in [0.15, 0.2) is 0 Å². The zero-order chi connectivity index (χ0) is 11.4. The number of aryl methyl sites for hydroxylation is 1. The van der Waals surface area contributed by atoms with E-state index in [1.165, 1.54) is 25.7 Å². The smallest absolute Gasteiger partial charge is 0.126 e. The van der Waals surface area contributed by atoms with Gasteiger partial charge in [0.2, 0.25) is 0 Å². The summed E-state index contributed by atoms with van der Waals surface area (Å²) in [4.78, 5) is 4.48.